The van der Waals surface area contributed by atoms with Crippen LogP contribution in [0.1, 0.15) is 22.8 Å². The Morgan fingerprint density at radius 2 is 1.45 bits per heavy atom. The third-order valence-corrected chi connectivity index (χ3v) is 4.63. The Morgan fingerprint density at radius 1 is 0.839 bits per heavy atom. The molecule has 0 aliphatic rings. The van der Waals surface area contributed by atoms with Gasteiger partial charge in [-0.05, 0) is 43.2 Å². The van der Waals surface area contributed by atoms with Crippen molar-refractivity contribution in [1.29, 1.82) is 0 Å². The minimum atomic E-state index is -0.643. The number of hydrogen-bond donors (Lipinski definition) is 2. The van der Waals surface area contributed by atoms with E-state index in [-0.39, 0.29) is 24.0 Å². The molecule has 158 valence electrons. The van der Waals surface area contributed by atoms with E-state index >= 15 is 0 Å². The highest BCUT2D eigenvalue weighted by Crippen LogP contribution is 2.19. The summed E-state index contributed by atoms with van der Waals surface area (Å²) >= 11 is 0. The van der Waals surface area contributed by atoms with Crippen molar-refractivity contribution in [3.8, 4) is 5.75 Å². The van der Waals surface area contributed by atoms with Crippen molar-refractivity contribution < 1.29 is 19.1 Å². The van der Waals surface area contributed by atoms with Crippen LogP contribution in [0.2, 0.25) is 0 Å². The van der Waals surface area contributed by atoms with Crippen molar-refractivity contribution in [3.05, 3.63) is 96.1 Å². The van der Waals surface area contributed by atoms with Gasteiger partial charge in [0.25, 0.3) is 11.8 Å². The summed E-state index contributed by atoms with van der Waals surface area (Å²) in [6.07, 6.45) is 0.401. The Bertz CT molecular complexity index is 1040. The zero-order valence-corrected chi connectivity index (χ0v) is 17.2. The van der Waals surface area contributed by atoms with Gasteiger partial charge < -0.3 is 15.4 Å². The molecule has 3 rings (SSSR count). The number of anilines is 1. The lowest BCUT2D eigenvalue weighted by Crippen LogP contribution is -2.43. The highest BCUT2D eigenvalue weighted by molar-refractivity contribution is 6.06. The van der Waals surface area contributed by atoms with Gasteiger partial charge in [-0.2, -0.15) is 0 Å². The van der Waals surface area contributed by atoms with Crippen molar-refractivity contribution in [3.63, 3.8) is 0 Å². The van der Waals surface area contributed by atoms with E-state index in [9.17, 15) is 14.4 Å². The van der Waals surface area contributed by atoms with Crippen molar-refractivity contribution in [2.24, 2.45) is 0 Å². The summed E-state index contributed by atoms with van der Waals surface area (Å²) in [6, 6.07) is 24.6. The number of carbonyl (C=O) groups excluding carboxylic acids is 3. The van der Waals surface area contributed by atoms with E-state index in [4.69, 9.17) is 4.74 Å². The monoisotopic (exact) mass is 416 g/mol. The molecule has 0 aliphatic carbocycles. The van der Waals surface area contributed by atoms with Crippen LogP contribution in [0.5, 0.6) is 5.75 Å². The van der Waals surface area contributed by atoms with Gasteiger partial charge in [0.1, 0.15) is 5.75 Å². The molecule has 3 aromatic rings. The SMILES string of the molecule is CC(=O)C(Cc1ccccc1)NC(=O)COc1ccccc1C(=O)Nc1ccccc1. The van der Waals surface area contributed by atoms with Crippen LogP contribution < -0.4 is 15.4 Å². The number of benzene rings is 3. The van der Waals surface area contributed by atoms with Gasteiger partial charge in [-0.25, -0.2) is 0 Å². The Morgan fingerprint density at radius 3 is 2.13 bits per heavy atom. The van der Waals surface area contributed by atoms with Crippen LogP contribution in [0.25, 0.3) is 0 Å². The topological polar surface area (TPSA) is 84.5 Å². The lowest BCUT2D eigenvalue weighted by Gasteiger charge is -2.17. The van der Waals surface area contributed by atoms with Crippen molar-refractivity contribution in [2.75, 3.05) is 11.9 Å². The minimum absolute atomic E-state index is 0.139. The molecule has 3 aromatic carbocycles. The highest BCUT2D eigenvalue weighted by atomic mass is 16.5. The highest BCUT2D eigenvalue weighted by Gasteiger charge is 2.19. The quantitative estimate of drug-likeness (QED) is 0.558. The van der Waals surface area contributed by atoms with E-state index in [1.807, 2.05) is 48.5 Å². The standard InChI is InChI=1S/C25H24N2O4/c1-18(28)22(16-19-10-4-2-5-11-19)27-24(29)17-31-23-15-9-8-14-21(23)25(30)26-20-12-6-3-7-13-20/h2-15,22H,16-17H2,1H3,(H,26,30)(H,27,29). The number of hydrogen-bond acceptors (Lipinski definition) is 4. The number of rotatable bonds is 9. The summed E-state index contributed by atoms with van der Waals surface area (Å²) < 4.78 is 5.60. The molecule has 0 saturated carbocycles. The summed E-state index contributed by atoms with van der Waals surface area (Å²) in [5.74, 6) is -0.629. The first-order valence-corrected chi connectivity index (χ1v) is 9.95. The molecule has 1 atom stereocenters. The maximum absolute atomic E-state index is 12.6. The lowest BCUT2D eigenvalue weighted by molar-refractivity contribution is -0.128. The molecule has 6 nitrogen and oxygen atoms in total. The summed E-state index contributed by atoms with van der Waals surface area (Å²) in [4.78, 5) is 37.0. The fourth-order valence-electron chi connectivity index (χ4n) is 3.03. The van der Waals surface area contributed by atoms with Gasteiger partial charge in [0.05, 0.1) is 11.6 Å². The van der Waals surface area contributed by atoms with Crippen LogP contribution in [0.15, 0.2) is 84.9 Å². The molecule has 2 N–H and O–H groups in total. The number of ketones is 1. The number of nitrogens with one attached hydrogen (secondary N) is 2. The second kappa shape index (κ2) is 10.7. The van der Waals surface area contributed by atoms with E-state index in [1.54, 1.807) is 36.4 Å². The molecule has 0 aromatic heterocycles. The lowest BCUT2D eigenvalue weighted by atomic mass is 10.0. The summed E-state index contributed by atoms with van der Waals surface area (Å²) in [5.41, 5.74) is 1.92. The van der Waals surface area contributed by atoms with Crippen LogP contribution in [-0.4, -0.2) is 30.2 Å². The molecular formula is C25H24N2O4. The fourth-order valence-corrected chi connectivity index (χ4v) is 3.03. The number of Topliss-reactive ketones (excluding diaryl/α,β-unsaturated/α-hetero) is 1. The predicted molar refractivity (Wildman–Crippen MR) is 119 cm³/mol. The Balaban J connectivity index is 1.60. The minimum Gasteiger partial charge on any atom is -0.483 e. The van der Waals surface area contributed by atoms with Crippen molar-refractivity contribution in [1.82, 2.24) is 5.32 Å². The first kappa shape index (κ1) is 21.8. The molecule has 0 heterocycles. The summed E-state index contributed by atoms with van der Waals surface area (Å²) in [6.45, 7) is 1.13. The second-order valence-electron chi connectivity index (χ2n) is 7.03. The van der Waals surface area contributed by atoms with Crippen LogP contribution in [0.3, 0.4) is 0 Å². The largest absolute Gasteiger partial charge is 0.483 e. The van der Waals surface area contributed by atoms with E-state index < -0.39 is 11.9 Å². The molecule has 0 bridgehead atoms. The summed E-state index contributed by atoms with van der Waals surface area (Å²) in [5, 5.41) is 5.51. The van der Waals surface area contributed by atoms with Gasteiger partial charge in [0, 0.05) is 5.69 Å². The maximum atomic E-state index is 12.6. The molecular weight excluding hydrogens is 392 g/mol. The number of para-hydroxylation sites is 2. The Labute approximate surface area is 181 Å². The van der Waals surface area contributed by atoms with Crippen LogP contribution in [0, 0.1) is 0 Å². The van der Waals surface area contributed by atoms with Gasteiger partial charge in [0.15, 0.2) is 12.4 Å². The van der Waals surface area contributed by atoms with E-state index in [1.165, 1.54) is 6.92 Å². The van der Waals surface area contributed by atoms with E-state index in [0.29, 0.717) is 17.7 Å². The van der Waals surface area contributed by atoms with Gasteiger partial charge in [-0.3, -0.25) is 14.4 Å². The summed E-state index contributed by atoms with van der Waals surface area (Å²) in [7, 11) is 0. The first-order valence-electron chi connectivity index (χ1n) is 9.95. The predicted octanol–water partition coefficient (Wildman–Crippen LogP) is 3.63. The average Bonchev–Trinajstić information content (AvgIpc) is 2.78. The molecule has 31 heavy (non-hydrogen) atoms. The number of amides is 2. The third-order valence-electron chi connectivity index (χ3n) is 4.63. The van der Waals surface area contributed by atoms with Gasteiger partial charge in [-0.1, -0.05) is 60.7 Å². The number of ether oxygens (including phenoxy) is 1. The van der Waals surface area contributed by atoms with Crippen LogP contribution in [0.4, 0.5) is 5.69 Å². The maximum Gasteiger partial charge on any atom is 0.259 e. The second-order valence-corrected chi connectivity index (χ2v) is 7.03. The van der Waals surface area contributed by atoms with E-state index in [2.05, 4.69) is 10.6 Å². The van der Waals surface area contributed by atoms with Gasteiger partial charge >= 0.3 is 0 Å². The first-order chi connectivity index (χ1) is 15.0. The molecule has 0 spiro atoms. The molecule has 0 radical (unpaired) electrons. The molecule has 6 heteroatoms. The zero-order chi connectivity index (χ0) is 22.1. The normalized spacial score (nSPS) is 11.3. The molecule has 0 fully saturated rings. The molecule has 1 unspecified atom stereocenters. The third kappa shape index (κ3) is 6.54. The van der Waals surface area contributed by atoms with Crippen LogP contribution in [-0.2, 0) is 16.0 Å². The van der Waals surface area contributed by atoms with Gasteiger partial charge in [0.2, 0.25) is 0 Å². The molecule has 2 amide bonds. The fraction of sp³-hybridized carbons (Fsp3) is 0.160. The van der Waals surface area contributed by atoms with Crippen molar-refractivity contribution >= 4 is 23.3 Å². The smallest absolute Gasteiger partial charge is 0.259 e. The van der Waals surface area contributed by atoms with E-state index in [0.717, 1.165) is 5.56 Å². The van der Waals surface area contributed by atoms with Crippen LogP contribution >= 0.6 is 0 Å². The Kier molecular flexibility index (Phi) is 7.54. The Hall–Kier alpha value is -3.93. The molecule has 0 saturated heterocycles. The average molecular weight is 416 g/mol. The van der Waals surface area contributed by atoms with Gasteiger partial charge in [-0.15, -0.1) is 0 Å². The number of carbonyl (C=O) groups is 3. The zero-order valence-electron chi connectivity index (χ0n) is 17.2. The van der Waals surface area contributed by atoms with Crippen molar-refractivity contribution in [2.45, 2.75) is 19.4 Å². The molecule has 0 aliphatic heterocycles.